The second-order valence-corrected chi connectivity index (χ2v) is 5.43. The van der Waals surface area contributed by atoms with Gasteiger partial charge in [0.15, 0.2) is 0 Å². The van der Waals surface area contributed by atoms with Crippen molar-refractivity contribution >= 4 is 23.2 Å². The van der Waals surface area contributed by atoms with E-state index in [1.165, 1.54) is 18.2 Å². The predicted octanol–water partition coefficient (Wildman–Crippen LogP) is 3.39. The van der Waals surface area contributed by atoms with Crippen LogP contribution >= 0.6 is 11.6 Å². The summed E-state index contributed by atoms with van der Waals surface area (Å²) in [6.07, 6.45) is 0. The summed E-state index contributed by atoms with van der Waals surface area (Å²) in [5, 5.41) is 5.80. The monoisotopic (exact) mass is 336 g/mol. The van der Waals surface area contributed by atoms with E-state index in [2.05, 4.69) is 10.6 Å². The number of ether oxygens (including phenoxy) is 1. The highest BCUT2D eigenvalue weighted by Crippen LogP contribution is 2.19. The largest absolute Gasteiger partial charge is 0.492 e. The number of carbonyl (C=O) groups is 1. The molecule has 0 unspecified atom stereocenters. The Labute approximate surface area is 139 Å². The molecule has 1 amide bonds. The second kappa shape index (κ2) is 8.39. The van der Waals surface area contributed by atoms with Crippen LogP contribution in [-0.4, -0.2) is 25.6 Å². The number of amides is 1. The standard InChI is InChI=1S/C17H18ClFN2O2/c1-12-3-2-4-14(9-12)23-8-7-20-17(22)11-21-16-10-13(18)5-6-15(16)19/h2-6,9-10,21H,7-8,11H2,1H3,(H,20,22). The van der Waals surface area contributed by atoms with Gasteiger partial charge < -0.3 is 15.4 Å². The quantitative estimate of drug-likeness (QED) is 0.762. The number of hydrogen-bond acceptors (Lipinski definition) is 3. The molecule has 0 aliphatic carbocycles. The van der Waals surface area contributed by atoms with Crippen molar-refractivity contribution in [1.82, 2.24) is 5.32 Å². The number of rotatable bonds is 7. The lowest BCUT2D eigenvalue weighted by Gasteiger charge is -2.10. The fourth-order valence-corrected chi connectivity index (χ4v) is 2.11. The van der Waals surface area contributed by atoms with Crippen LogP contribution in [-0.2, 0) is 4.79 Å². The predicted molar refractivity (Wildman–Crippen MR) is 89.6 cm³/mol. The van der Waals surface area contributed by atoms with Crippen molar-refractivity contribution in [3.63, 3.8) is 0 Å². The van der Waals surface area contributed by atoms with Crippen molar-refractivity contribution in [2.75, 3.05) is 25.0 Å². The summed E-state index contributed by atoms with van der Waals surface area (Å²) in [5.41, 5.74) is 1.31. The summed E-state index contributed by atoms with van der Waals surface area (Å²) in [6, 6.07) is 11.8. The number of hydrogen-bond donors (Lipinski definition) is 2. The number of benzene rings is 2. The van der Waals surface area contributed by atoms with Crippen LogP contribution in [0.25, 0.3) is 0 Å². The molecule has 0 saturated carbocycles. The molecule has 0 spiro atoms. The number of anilines is 1. The van der Waals surface area contributed by atoms with Crippen LogP contribution in [0.2, 0.25) is 5.02 Å². The molecule has 0 heterocycles. The molecule has 0 aliphatic rings. The molecule has 0 bridgehead atoms. The Morgan fingerprint density at radius 2 is 2.09 bits per heavy atom. The average molecular weight is 337 g/mol. The average Bonchev–Trinajstić information content (AvgIpc) is 2.52. The Kier molecular flexibility index (Phi) is 6.23. The molecular weight excluding hydrogens is 319 g/mol. The molecule has 0 fully saturated rings. The van der Waals surface area contributed by atoms with Crippen molar-refractivity contribution < 1.29 is 13.9 Å². The van der Waals surface area contributed by atoms with Gasteiger partial charge in [-0.25, -0.2) is 4.39 Å². The SMILES string of the molecule is Cc1cccc(OCCNC(=O)CNc2cc(Cl)ccc2F)c1. The van der Waals surface area contributed by atoms with E-state index in [0.29, 0.717) is 18.2 Å². The van der Waals surface area contributed by atoms with Crippen molar-refractivity contribution in [2.24, 2.45) is 0 Å². The lowest BCUT2D eigenvalue weighted by molar-refractivity contribution is -0.119. The zero-order valence-corrected chi connectivity index (χ0v) is 13.5. The second-order valence-electron chi connectivity index (χ2n) is 4.99. The van der Waals surface area contributed by atoms with Crippen molar-refractivity contribution in [3.05, 3.63) is 58.9 Å². The summed E-state index contributed by atoms with van der Waals surface area (Å²) in [6.45, 7) is 2.67. The Bertz CT molecular complexity index is 679. The first-order valence-electron chi connectivity index (χ1n) is 7.19. The highest BCUT2D eigenvalue weighted by molar-refractivity contribution is 6.30. The lowest BCUT2D eigenvalue weighted by atomic mass is 10.2. The van der Waals surface area contributed by atoms with Crippen molar-refractivity contribution in [2.45, 2.75) is 6.92 Å². The fraction of sp³-hybridized carbons (Fsp3) is 0.235. The molecule has 6 heteroatoms. The molecule has 23 heavy (non-hydrogen) atoms. The van der Waals surface area contributed by atoms with Crippen LogP contribution in [0.4, 0.5) is 10.1 Å². The molecule has 0 radical (unpaired) electrons. The van der Waals surface area contributed by atoms with Gasteiger partial charge in [0.05, 0.1) is 18.8 Å². The summed E-state index contributed by atoms with van der Waals surface area (Å²) in [7, 11) is 0. The Morgan fingerprint density at radius 3 is 2.87 bits per heavy atom. The van der Waals surface area contributed by atoms with Gasteiger partial charge in [0.1, 0.15) is 18.2 Å². The third-order valence-corrected chi connectivity index (χ3v) is 3.29. The molecule has 0 aliphatic heterocycles. The highest BCUT2D eigenvalue weighted by atomic mass is 35.5. The van der Waals surface area contributed by atoms with Gasteiger partial charge in [-0.15, -0.1) is 0 Å². The van der Waals surface area contributed by atoms with Gasteiger partial charge in [-0.05, 0) is 42.8 Å². The van der Waals surface area contributed by atoms with Gasteiger partial charge in [-0.3, -0.25) is 4.79 Å². The zero-order valence-electron chi connectivity index (χ0n) is 12.7. The number of aryl methyl sites for hydroxylation is 1. The summed E-state index contributed by atoms with van der Waals surface area (Å²) >= 11 is 5.78. The van der Waals surface area contributed by atoms with Crippen molar-refractivity contribution in [3.8, 4) is 5.75 Å². The normalized spacial score (nSPS) is 10.2. The molecule has 0 saturated heterocycles. The number of halogens is 2. The third-order valence-electron chi connectivity index (χ3n) is 3.05. The third kappa shape index (κ3) is 5.79. The van der Waals surface area contributed by atoms with Crippen LogP contribution in [0.15, 0.2) is 42.5 Å². The minimum absolute atomic E-state index is 0.0400. The first-order valence-corrected chi connectivity index (χ1v) is 7.57. The first-order chi connectivity index (χ1) is 11.0. The molecule has 2 N–H and O–H groups in total. The minimum atomic E-state index is -0.454. The van der Waals surface area contributed by atoms with E-state index < -0.39 is 5.82 Å². The van der Waals surface area contributed by atoms with Gasteiger partial charge in [0.25, 0.3) is 0 Å². The zero-order chi connectivity index (χ0) is 16.7. The van der Waals surface area contributed by atoms with Gasteiger partial charge in [-0.1, -0.05) is 23.7 Å². The van der Waals surface area contributed by atoms with E-state index in [1.807, 2.05) is 31.2 Å². The molecule has 2 aromatic carbocycles. The Hall–Kier alpha value is -2.27. The van der Waals surface area contributed by atoms with Crippen LogP contribution in [0, 0.1) is 12.7 Å². The highest BCUT2D eigenvalue weighted by Gasteiger charge is 2.05. The van der Waals surface area contributed by atoms with E-state index in [1.54, 1.807) is 0 Å². The van der Waals surface area contributed by atoms with Crippen LogP contribution in [0.5, 0.6) is 5.75 Å². The van der Waals surface area contributed by atoms with E-state index in [9.17, 15) is 9.18 Å². The lowest BCUT2D eigenvalue weighted by Crippen LogP contribution is -2.33. The summed E-state index contributed by atoms with van der Waals surface area (Å²) in [5.74, 6) is 0.0561. The maximum absolute atomic E-state index is 13.5. The molecule has 0 aromatic heterocycles. The first kappa shape index (κ1) is 17.1. The van der Waals surface area contributed by atoms with E-state index >= 15 is 0 Å². The molecule has 2 rings (SSSR count). The van der Waals surface area contributed by atoms with Gasteiger partial charge in [-0.2, -0.15) is 0 Å². The summed E-state index contributed by atoms with van der Waals surface area (Å²) < 4.78 is 19.0. The van der Waals surface area contributed by atoms with Crippen LogP contribution < -0.4 is 15.4 Å². The van der Waals surface area contributed by atoms with Gasteiger partial charge >= 0.3 is 0 Å². The molecule has 122 valence electrons. The van der Waals surface area contributed by atoms with E-state index in [0.717, 1.165) is 11.3 Å². The Morgan fingerprint density at radius 1 is 1.26 bits per heavy atom. The van der Waals surface area contributed by atoms with Crippen molar-refractivity contribution in [1.29, 1.82) is 0 Å². The maximum atomic E-state index is 13.5. The topological polar surface area (TPSA) is 50.4 Å². The van der Waals surface area contributed by atoms with Gasteiger partial charge in [0, 0.05) is 5.02 Å². The Balaban J connectivity index is 1.68. The van der Waals surface area contributed by atoms with Gasteiger partial charge in [0.2, 0.25) is 5.91 Å². The molecule has 4 nitrogen and oxygen atoms in total. The minimum Gasteiger partial charge on any atom is -0.492 e. The maximum Gasteiger partial charge on any atom is 0.239 e. The number of nitrogens with one attached hydrogen (secondary N) is 2. The molecule has 0 atom stereocenters. The smallest absolute Gasteiger partial charge is 0.239 e. The van der Waals surface area contributed by atoms with E-state index in [4.69, 9.17) is 16.3 Å². The molecule has 2 aromatic rings. The summed E-state index contributed by atoms with van der Waals surface area (Å²) in [4.78, 5) is 11.7. The van der Waals surface area contributed by atoms with E-state index in [-0.39, 0.29) is 18.1 Å². The fourth-order valence-electron chi connectivity index (χ4n) is 1.94. The molecular formula is C17H18ClFN2O2. The van der Waals surface area contributed by atoms with Crippen LogP contribution in [0.1, 0.15) is 5.56 Å². The van der Waals surface area contributed by atoms with Crippen LogP contribution in [0.3, 0.4) is 0 Å². The number of carbonyl (C=O) groups excluding carboxylic acids is 1.